The van der Waals surface area contributed by atoms with Crippen LogP contribution in [0.1, 0.15) is 5.69 Å². The van der Waals surface area contributed by atoms with Gasteiger partial charge in [0.2, 0.25) is 11.6 Å². The van der Waals surface area contributed by atoms with Gasteiger partial charge >= 0.3 is 5.97 Å². The zero-order chi connectivity index (χ0) is 25.1. The lowest BCUT2D eigenvalue weighted by atomic mass is 10.0. The number of aryl methyl sites for hydroxylation is 1. The van der Waals surface area contributed by atoms with Gasteiger partial charge in [0.25, 0.3) is 11.8 Å². The molecule has 35 heavy (non-hydrogen) atoms. The Hall–Kier alpha value is -3.75. The monoisotopic (exact) mass is 533 g/mol. The molecule has 2 atom stereocenters. The summed E-state index contributed by atoms with van der Waals surface area (Å²) in [5, 5.41) is 36.6. The summed E-state index contributed by atoms with van der Waals surface area (Å²) in [5.41, 5.74) is 0.483. The maximum atomic E-state index is 12.9. The number of nitriles is 1. The van der Waals surface area contributed by atoms with Gasteiger partial charge in [0.05, 0.1) is 17.3 Å². The highest BCUT2D eigenvalue weighted by molar-refractivity contribution is 8.01. The number of aromatic nitrogens is 5. The summed E-state index contributed by atoms with van der Waals surface area (Å²) in [6.07, 6.45) is 1.42. The largest absolute Gasteiger partial charge is 0.477 e. The summed E-state index contributed by atoms with van der Waals surface area (Å²) in [7, 11) is 1.66. The molecule has 0 saturated carbocycles. The van der Waals surface area contributed by atoms with Crippen molar-refractivity contribution < 1.29 is 24.3 Å². The highest BCUT2D eigenvalue weighted by atomic mass is 32.2. The number of tetrazole rings is 1. The van der Waals surface area contributed by atoms with Gasteiger partial charge in [0.1, 0.15) is 17.1 Å². The maximum Gasteiger partial charge on any atom is 0.352 e. The molecule has 1 fully saturated rings. The highest BCUT2D eigenvalue weighted by Gasteiger charge is 2.54. The number of carboxylic acid groups (broad SMARTS) is 1. The van der Waals surface area contributed by atoms with Gasteiger partial charge in [-0.3, -0.25) is 19.3 Å². The number of carbonyl (C=O) groups is 4. The molecule has 4 rings (SSSR count). The number of nitrogens with zero attached hydrogens (tertiary/aromatic N) is 7. The van der Waals surface area contributed by atoms with Gasteiger partial charge in [0, 0.05) is 30.0 Å². The van der Waals surface area contributed by atoms with E-state index in [2.05, 4.69) is 31.1 Å². The van der Waals surface area contributed by atoms with Crippen molar-refractivity contribution in [2.24, 2.45) is 7.05 Å². The number of β-lactam (4-membered cyclic amide) rings is 1. The molecule has 1 saturated heterocycles. The minimum Gasteiger partial charge on any atom is -0.477 e. The number of carbonyl (C=O) groups excluding carboxylic acids is 3. The van der Waals surface area contributed by atoms with Crippen LogP contribution in [0.2, 0.25) is 0 Å². The number of aliphatic carboxylic acids is 1. The van der Waals surface area contributed by atoms with E-state index >= 15 is 0 Å². The summed E-state index contributed by atoms with van der Waals surface area (Å²) in [6, 6.07) is 0.791. The third-order valence-electron chi connectivity index (χ3n) is 4.91. The lowest BCUT2D eigenvalue weighted by Crippen LogP contribution is -2.70. The van der Waals surface area contributed by atoms with E-state index in [9.17, 15) is 24.3 Å². The number of thioether (sulfide) groups is 2. The lowest BCUT2D eigenvalue weighted by molar-refractivity contribution is -0.150. The van der Waals surface area contributed by atoms with Crippen LogP contribution in [-0.2, 0) is 26.2 Å². The maximum absolute atomic E-state index is 12.9. The van der Waals surface area contributed by atoms with Crippen LogP contribution in [-0.4, -0.2) is 82.3 Å². The summed E-state index contributed by atoms with van der Waals surface area (Å²) in [6.45, 7) is 0. The fourth-order valence-corrected chi connectivity index (χ4v) is 6.35. The molecule has 4 heterocycles. The molecule has 2 aromatic heterocycles. The molecule has 1 unspecified atom stereocenters. The minimum absolute atomic E-state index is 0.0851. The van der Waals surface area contributed by atoms with Crippen molar-refractivity contribution in [1.82, 2.24) is 35.4 Å². The molecule has 0 aromatic carbocycles. The van der Waals surface area contributed by atoms with Crippen molar-refractivity contribution in [3.05, 3.63) is 28.4 Å². The van der Waals surface area contributed by atoms with Crippen molar-refractivity contribution in [2.75, 3.05) is 16.8 Å². The smallest absolute Gasteiger partial charge is 0.352 e. The number of hydrogen-bond donors (Lipinski definition) is 3. The Bertz CT molecular complexity index is 1310. The number of fused-ring (bicyclic) bond motifs is 1. The van der Waals surface area contributed by atoms with Crippen molar-refractivity contribution in [1.29, 1.82) is 5.26 Å². The van der Waals surface area contributed by atoms with E-state index in [-0.39, 0.29) is 27.8 Å². The second kappa shape index (κ2) is 10.2. The molecule has 3 amide bonds. The summed E-state index contributed by atoms with van der Waals surface area (Å²) < 4.78 is 1.46. The normalized spacial score (nSPS) is 19.5. The fourth-order valence-electron chi connectivity index (χ4n) is 3.34. The number of thiazole rings is 1. The molecule has 180 valence electrons. The number of carboxylic acids is 1. The second-order valence-electron chi connectivity index (χ2n) is 6.98. The molecule has 0 spiro atoms. The topological polar surface area (TPSA) is 196 Å². The average molecular weight is 534 g/mol. The number of anilines is 1. The highest BCUT2D eigenvalue weighted by Crippen LogP contribution is 2.41. The first kappa shape index (κ1) is 24.4. The Balaban J connectivity index is 1.49. The lowest BCUT2D eigenvalue weighted by Gasteiger charge is -2.49. The van der Waals surface area contributed by atoms with Crippen LogP contribution in [0.15, 0.2) is 27.9 Å². The average Bonchev–Trinajstić information content (AvgIpc) is 3.47. The molecular weight excluding hydrogens is 518 g/mol. The molecule has 2 aliphatic heterocycles. The van der Waals surface area contributed by atoms with E-state index in [4.69, 9.17) is 5.26 Å². The van der Waals surface area contributed by atoms with E-state index in [0.717, 1.165) is 22.3 Å². The van der Waals surface area contributed by atoms with Crippen LogP contribution in [0.25, 0.3) is 5.57 Å². The minimum atomic E-state index is -1.25. The number of amides is 3. The number of rotatable bonds is 9. The predicted octanol–water partition coefficient (Wildman–Crippen LogP) is -0.327. The van der Waals surface area contributed by atoms with Crippen LogP contribution in [0.3, 0.4) is 0 Å². The Morgan fingerprint density at radius 1 is 1.46 bits per heavy atom. The van der Waals surface area contributed by atoms with Crippen LogP contribution in [0.4, 0.5) is 5.13 Å². The zero-order valence-corrected chi connectivity index (χ0v) is 20.2. The molecule has 2 aromatic rings. The van der Waals surface area contributed by atoms with Crippen molar-refractivity contribution >= 4 is 69.8 Å². The van der Waals surface area contributed by atoms with Gasteiger partial charge in [-0.2, -0.15) is 5.26 Å². The van der Waals surface area contributed by atoms with E-state index in [1.165, 1.54) is 33.6 Å². The van der Waals surface area contributed by atoms with Crippen molar-refractivity contribution in [3.63, 3.8) is 0 Å². The van der Waals surface area contributed by atoms with E-state index in [0.29, 0.717) is 22.9 Å². The molecular formula is C18H15N9O5S3. The standard InChI is InChI=1S/C18H15N9O5S3/c1-26-18(23-24-25-26)35-5-8-4-33-15-11(14(30)27(15)12(8)16(31)32)22-13(29)9(2-3-19)10-6-34-17(21-10)20-7-28/h2,6-7,11,15H,4-5H2,1H3,(H,22,29)(H,31,32)(H,20,21,28)/t11?,15-/m0/s1. The van der Waals surface area contributed by atoms with Crippen LogP contribution >= 0.6 is 34.9 Å². The van der Waals surface area contributed by atoms with Gasteiger partial charge in [-0.25, -0.2) is 14.5 Å². The van der Waals surface area contributed by atoms with Gasteiger partial charge in [-0.1, -0.05) is 11.8 Å². The van der Waals surface area contributed by atoms with Gasteiger partial charge < -0.3 is 15.7 Å². The molecule has 3 N–H and O–H groups in total. The quantitative estimate of drug-likeness (QED) is 0.125. The Labute approximate surface area is 209 Å². The second-order valence-corrected chi connectivity index (χ2v) is 9.88. The first-order chi connectivity index (χ1) is 16.8. The zero-order valence-electron chi connectivity index (χ0n) is 17.7. The van der Waals surface area contributed by atoms with Gasteiger partial charge in [-0.15, -0.1) is 28.2 Å². The van der Waals surface area contributed by atoms with E-state index < -0.39 is 29.2 Å². The van der Waals surface area contributed by atoms with E-state index in [1.54, 1.807) is 13.1 Å². The first-order valence-electron chi connectivity index (χ1n) is 9.67. The molecule has 0 aliphatic carbocycles. The van der Waals surface area contributed by atoms with Crippen molar-refractivity contribution in [2.45, 2.75) is 16.6 Å². The number of nitrogens with one attached hydrogen (secondary N) is 2. The van der Waals surface area contributed by atoms with Crippen molar-refractivity contribution in [3.8, 4) is 6.07 Å². The van der Waals surface area contributed by atoms with Gasteiger partial charge in [0.15, 0.2) is 5.13 Å². The molecule has 2 aliphatic rings. The molecule has 0 radical (unpaired) electrons. The molecule has 0 bridgehead atoms. The number of hydrogen-bond acceptors (Lipinski definition) is 12. The van der Waals surface area contributed by atoms with Crippen LogP contribution in [0.5, 0.6) is 0 Å². The van der Waals surface area contributed by atoms with Gasteiger partial charge in [-0.05, 0) is 16.0 Å². The Morgan fingerprint density at radius 3 is 2.91 bits per heavy atom. The van der Waals surface area contributed by atoms with E-state index in [1.807, 2.05) is 0 Å². The first-order valence-corrected chi connectivity index (χ1v) is 12.6. The number of allylic oxidation sites excluding steroid dienone is 1. The summed E-state index contributed by atoms with van der Waals surface area (Å²) in [4.78, 5) is 53.6. The summed E-state index contributed by atoms with van der Waals surface area (Å²) >= 11 is 3.63. The third-order valence-corrected chi connectivity index (χ3v) is 8.12. The summed E-state index contributed by atoms with van der Waals surface area (Å²) in [5.74, 6) is -1.94. The Kier molecular flexibility index (Phi) is 7.14. The molecule has 17 heteroatoms. The molecule has 14 nitrogen and oxygen atoms in total. The third kappa shape index (κ3) is 4.76. The SMILES string of the molecule is Cn1nnnc1SCC1=C(C(=O)O)N2C(=O)C(NC(=O)C(=CC#N)c3csc(NC=O)n3)[C@@H]2SC1. The fraction of sp³-hybridized carbons (Fsp3) is 0.278. The van der Waals surface area contributed by atoms with Crippen LogP contribution < -0.4 is 10.6 Å². The van der Waals surface area contributed by atoms with Crippen LogP contribution in [0, 0.1) is 11.3 Å². The predicted molar refractivity (Wildman–Crippen MR) is 125 cm³/mol. The Morgan fingerprint density at radius 2 is 2.26 bits per heavy atom.